The highest BCUT2D eigenvalue weighted by Gasteiger charge is 2.24. The Kier molecular flexibility index (Phi) is 7.52. The lowest BCUT2D eigenvalue weighted by atomic mass is 10.2. The van der Waals surface area contributed by atoms with Crippen LogP contribution < -0.4 is 0 Å². The lowest BCUT2D eigenvalue weighted by Crippen LogP contribution is -2.40. The zero-order valence-electron chi connectivity index (χ0n) is 8.33. The highest BCUT2D eigenvalue weighted by molar-refractivity contribution is 7.80. The molecule has 3 N–H and O–H groups in total. The first-order valence-electron chi connectivity index (χ1n) is 4.32. The van der Waals surface area contributed by atoms with Crippen molar-refractivity contribution in [1.82, 2.24) is 0 Å². The summed E-state index contributed by atoms with van der Waals surface area (Å²) >= 11 is 3.96. The van der Waals surface area contributed by atoms with Gasteiger partial charge in [-0.3, -0.25) is 0 Å². The summed E-state index contributed by atoms with van der Waals surface area (Å²) in [4.78, 5) is 0. The van der Waals surface area contributed by atoms with Crippen LogP contribution in [0, 0.1) is 0 Å². The summed E-state index contributed by atoms with van der Waals surface area (Å²) in [6, 6.07) is 0. The van der Waals surface area contributed by atoms with E-state index in [0.717, 1.165) is 0 Å². The number of aliphatic hydroxyl groups is 3. The van der Waals surface area contributed by atoms with Crippen molar-refractivity contribution in [3.05, 3.63) is 0 Å². The van der Waals surface area contributed by atoms with Crippen LogP contribution in [0.15, 0.2) is 0 Å². The van der Waals surface area contributed by atoms with Gasteiger partial charge in [0.1, 0.15) is 12.2 Å². The van der Waals surface area contributed by atoms with Gasteiger partial charge < -0.3 is 24.8 Å². The molecule has 0 aliphatic rings. The van der Waals surface area contributed by atoms with E-state index in [0.29, 0.717) is 0 Å². The normalized spacial score (nSPS) is 20.1. The van der Waals surface area contributed by atoms with Crippen molar-refractivity contribution in [2.24, 2.45) is 0 Å². The minimum Gasteiger partial charge on any atom is -0.394 e. The monoisotopic (exact) mass is 226 g/mol. The van der Waals surface area contributed by atoms with Crippen LogP contribution in [-0.2, 0) is 9.47 Å². The van der Waals surface area contributed by atoms with Gasteiger partial charge in [0.25, 0.3) is 0 Å². The molecule has 0 rings (SSSR count). The molecule has 0 heterocycles. The van der Waals surface area contributed by atoms with Crippen LogP contribution in [0.3, 0.4) is 0 Å². The molecule has 0 aromatic heterocycles. The maximum absolute atomic E-state index is 9.28. The fourth-order valence-corrected chi connectivity index (χ4v) is 1.24. The van der Waals surface area contributed by atoms with Crippen LogP contribution in [0.5, 0.6) is 0 Å². The van der Waals surface area contributed by atoms with E-state index in [2.05, 4.69) is 12.6 Å². The molecule has 0 aromatic carbocycles. The van der Waals surface area contributed by atoms with Gasteiger partial charge >= 0.3 is 0 Å². The fraction of sp³-hybridized carbons (Fsp3) is 1.00. The number of methoxy groups -OCH3 is 1. The third-order valence-electron chi connectivity index (χ3n) is 1.73. The number of thiol groups is 1. The predicted molar refractivity (Wildman–Crippen MR) is 54.3 cm³/mol. The molecular formula is C8H18O5S. The minimum absolute atomic E-state index is 0.230. The van der Waals surface area contributed by atoms with Gasteiger partial charge in [0.2, 0.25) is 0 Å². The zero-order valence-corrected chi connectivity index (χ0v) is 9.22. The standard InChI is InChI=1S/C8H18O5S/c1-5(10)8(12-2)13-7(4-14)6(11)3-9/h5-11,14H,3-4H2,1-2H3/t5-,6+,7?,8+/m0/s1. The van der Waals surface area contributed by atoms with Crippen LogP contribution in [0.25, 0.3) is 0 Å². The molecule has 0 saturated heterocycles. The predicted octanol–water partition coefficient (Wildman–Crippen LogP) is -0.992. The Labute approximate surface area is 89.1 Å². The Hall–Kier alpha value is 0.150. The van der Waals surface area contributed by atoms with Crippen molar-refractivity contribution in [1.29, 1.82) is 0 Å². The van der Waals surface area contributed by atoms with E-state index in [1.807, 2.05) is 0 Å². The second-order valence-electron chi connectivity index (χ2n) is 2.95. The average molecular weight is 226 g/mol. The molecule has 0 aliphatic heterocycles. The summed E-state index contributed by atoms with van der Waals surface area (Å²) in [5.74, 6) is 0.230. The summed E-state index contributed by atoms with van der Waals surface area (Å²) in [7, 11) is 1.39. The summed E-state index contributed by atoms with van der Waals surface area (Å²) in [5, 5.41) is 27.2. The minimum atomic E-state index is -1.02. The first kappa shape index (κ1) is 14.2. The Morgan fingerprint density at radius 1 is 1.36 bits per heavy atom. The van der Waals surface area contributed by atoms with Crippen LogP contribution in [0.1, 0.15) is 6.92 Å². The van der Waals surface area contributed by atoms with Crippen molar-refractivity contribution in [2.45, 2.75) is 31.5 Å². The number of hydrogen-bond acceptors (Lipinski definition) is 6. The zero-order chi connectivity index (χ0) is 11.1. The molecule has 0 bridgehead atoms. The smallest absolute Gasteiger partial charge is 0.183 e. The number of hydrogen-bond donors (Lipinski definition) is 4. The first-order chi connectivity index (χ1) is 6.56. The quantitative estimate of drug-likeness (QED) is 0.331. The highest BCUT2D eigenvalue weighted by atomic mass is 32.1. The van der Waals surface area contributed by atoms with Crippen molar-refractivity contribution in [2.75, 3.05) is 19.5 Å². The third-order valence-corrected chi connectivity index (χ3v) is 2.09. The summed E-state index contributed by atoms with van der Waals surface area (Å²) in [6.45, 7) is 1.09. The largest absolute Gasteiger partial charge is 0.394 e. The number of ether oxygens (including phenoxy) is 2. The van der Waals surface area contributed by atoms with E-state index in [4.69, 9.17) is 14.6 Å². The number of aliphatic hydroxyl groups excluding tert-OH is 3. The summed E-state index contributed by atoms with van der Waals surface area (Å²) in [5.41, 5.74) is 0. The molecule has 0 aliphatic carbocycles. The van der Waals surface area contributed by atoms with Gasteiger partial charge in [0.05, 0.1) is 12.7 Å². The van der Waals surface area contributed by atoms with Crippen LogP contribution in [0.2, 0.25) is 0 Å². The van der Waals surface area contributed by atoms with Crippen molar-refractivity contribution in [3.8, 4) is 0 Å². The van der Waals surface area contributed by atoms with Gasteiger partial charge in [-0.25, -0.2) is 0 Å². The lowest BCUT2D eigenvalue weighted by Gasteiger charge is -2.26. The van der Waals surface area contributed by atoms with E-state index in [-0.39, 0.29) is 5.75 Å². The molecule has 0 fully saturated rings. The summed E-state index contributed by atoms with van der Waals surface area (Å²) < 4.78 is 10.0. The Balaban J connectivity index is 4.13. The molecule has 1 unspecified atom stereocenters. The van der Waals surface area contributed by atoms with Crippen molar-refractivity contribution < 1.29 is 24.8 Å². The summed E-state index contributed by atoms with van der Waals surface area (Å²) in [6.07, 6.45) is -3.33. The van der Waals surface area contributed by atoms with Crippen LogP contribution >= 0.6 is 12.6 Å². The second-order valence-corrected chi connectivity index (χ2v) is 3.32. The molecule has 86 valence electrons. The van der Waals surface area contributed by atoms with E-state index < -0.39 is 31.2 Å². The molecule has 0 saturated carbocycles. The molecule has 14 heavy (non-hydrogen) atoms. The second kappa shape index (κ2) is 7.44. The van der Waals surface area contributed by atoms with E-state index in [9.17, 15) is 10.2 Å². The van der Waals surface area contributed by atoms with Crippen molar-refractivity contribution in [3.63, 3.8) is 0 Å². The van der Waals surface area contributed by atoms with Gasteiger partial charge in [0.15, 0.2) is 6.29 Å². The molecule has 0 radical (unpaired) electrons. The van der Waals surface area contributed by atoms with Crippen LogP contribution in [0.4, 0.5) is 0 Å². The Bertz CT molecular complexity index is 144. The van der Waals surface area contributed by atoms with Gasteiger partial charge in [-0.1, -0.05) is 0 Å². The van der Waals surface area contributed by atoms with Gasteiger partial charge in [0, 0.05) is 12.9 Å². The van der Waals surface area contributed by atoms with Crippen LogP contribution in [-0.4, -0.2) is 59.4 Å². The number of rotatable bonds is 7. The van der Waals surface area contributed by atoms with E-state index >= 15 is 0 Å². The van der Waals surface area contributed by atoms with Gasteiger partial charge in [-0.15, -0.1) is 0 Å². The van der Waals surface area contributed by atoms with Crippen molar-refractivity contribution >= 4 is 12.6 Å². The topological polar surface area (TPSA) is 79.2 Å². The molecular weight excluding hydrogens is 208 g/mol. The lowest BCUT2D eigenvalue weighted by molar-refractivity contribution is -0.213. The first-order valence-corrected chi connectivity index (χ1v) is 4.96. The molecule has 4 atom stereocenters. The molecule has 0 amide bonds. The maximum atomic E-state index is 9.28. The fourth-order valence-electron chi connectivity index (χ4n) is 0.911. The highest BCUT2D eigenvalue weighted by Crippen LogP contribution is 2.09. The SMILES string of the molecule is CO[C@H](OC(CS)[C@H](O)CO)[C@H](C)O. The maximum Gasteiger partial charge on any atom is 0.183 e. The Morgan fingerprint density at radius 3 is 2.21 bits per heavy atom. The van der Waals surface area contributed by atoms with Gasteiger partial charge in [-0.2, -0.15) is 12.6 Å². The molecule has 0 spiro atoms. The molecule has 0 aromatic rings. The molecule has 6 heteroatoms. The average Bonchev–Trinajstić information content (AvgIpc) is 2.18. The van der Waals surface area contributed by atoms with E-state index in [1.54, 1.807) is 0 Å². The van der Waals surface area contributed by atoms with Gasteiger partial charge in [-0.05, 0) is 6.92 Å². The Morgan fingerprint density at radius 2 is 1.93 bits per heavy atom. The molecule has 5 nitrogen and oxygen atoms in total. The third kappa shape index (κ3) is 4.59. The van der Waals surface area contributed by atoms with E-state index in [1.165, 1.54) is 14.0 Å².